The van der Waals surface area contributed by atoms with E-state index in [9.17, 15) is 14.7 Å². The molecule has 3 heterocycles. The Morgan fingerprint density at radius 3 is 2.50 bits per heavy atom. The number of cyclic esters (lactones) is 1. The molecule has 0 spiro atoms. The van der Waals surface area contributed by atoms with Gasteiger partial charge >= 0.3 is 5.97 Å². The molecule has 2 saturated heterocycles. The van der Waals surface area contributed by atoms with Gasteiger partial charge in [0.05, 0.1) is 24.4 Å². The molecule has 8 atom stereocenters. The zero-order valence-electron chi connectivity index (χ0n) is 32.1. The van der Waals surface area contributed by atoms with E-state index in [1.165, 1.54) is 5.56 Å². The van der Waals surface area contributed by atoms with Crippen LogP contribution in [0, 0.1) is 17.3 Å². The minimum Gasteiger partial charge on any atom is -0.465 e. The minimum absolute atomic E-state index is 0.164. The SMILES string of the molecule is CO[C@]1(C)C[C@@H](C)CN(C)CCN(Cc2ccc3ccncc3c2)CCCOC(=O)C(C)(C)C(=O)[C@H](C)[C@H]1O[C@@H]1O[C@H](C)C[C@H](N(C)C)[C@H]1O. The van der Waals surface area contributed by atoms with E-state index < -0.39 is 41.4 Å². The van der Waals surface area contributed by atoms with E-state index in [2.05, 4.69) is 47.0 Å². The molecule has 0 unspecified atom stereocenters. The number of aromatic nitrogens is 1. The first-order chi connectivity index (χ1) is 23.5. The normalized spacial score (nSPS) is 33.3. The van der Waals surface area contributed by atoms with E-state index in [4.69, 9.17) is 18.9 Å². The Hall–Kier alpha value is -2.51. The molecule has 11 heteroatoms. The fraction of sp³-hybridized carbons (Fsp3) is 0.718. The standard InChI is InChI=1S/C39H62N4O7/c1-26-22-39(6,47-10)35(50-36-33(44)32(41(7)8)20-27(2)49-36)28(3)34(45)38(4,5)37(46)48-19-11-16-43(18-17-42(9)24-26)25-29-12-13-30-14-15-40-23-31(30)21-29/h12-15,21,23,26-28,32-33,35-36,44H,11,16-20,22,24-25H2,1-10H3/t26-,27-,28+,32+,33-,35-,36+,39-/m1/s1. The van der Waals surface area contributed by atoms with Gasteiger partial charge in [0.1, 0.15) is 11.5 Å². The molecule has 2 aliphatic heterocycles. The summed E-state index contributed by atoms with van der Waals surface area (Å²) < 4.78 is 24.9. The number of methoxy groups -OCH3 is 1. The second kappa shape index (κ2) is 17.3. The summed E-state index contributed by atoms with van der Waals surface area (Å²) in [6, 6.07) is 8.31. The number of pyridine rings is 1. The largest absolute Gasteiger partial charge is 0.465 e. The third-order valence-corrected chi connectivity index (χ3v) is 10.8. The Kier molecular flexibility index (Phi) is 14.0. The van der Waals surface area contributed by atoms with Gasteiger partial charge in [0.25, 0.3) is 0 Å². The summed E-state index contributed by atoms with van der Waals surface area (Å²) in [6.45, 7) is 15.3. The lowest BCUT2D eigenvalue weighted by Gasteiger charge is -2.47. The summed E-state index contributed by atoms with van der Waals surface area (Å²) in [4.78, 5) is 38.9. The van der Waals surface area contributed by atoms with Crippen molar-refractivity contribution in [3.8, 4) is 0 Å². The molecule has 0 aliphatic carbocycles. The van der Waals surface area contributed by atoms with E-state index in [1.807, 2.05) is 51.3 Å². The van der Waals surface area contributed by atoms with Crippen molar-refractivity contribution in [2.75, 3.05) is 61.0 Å². The molecule has 0 bridgehead atoms. The molecular weight excluding hydrogens is 636 g/mol. The van der Waals surface area contributed by atoms with Gasteiger partial charge in [0.15, 0.2) is 12.1 Å². The summed E-state index contributed by atoms with van der Waals surface area (Å²) in [5.74, 6) is -1.48. The van der Waals surface area contributed by atoms with Crippen molar-refractivity contribution in [3.63, 3.8) is 0 Å². The molecule has 1 aromatic carbocycles. The van der Waals surface area contributed by atoms with Gasteiger partial charge < -0.3 is 33.9 Å². The summed E-state index contributed by atoms with van der Waals surface area (Å²) in [7, 11) is 7.62. The molecule has 11 nitrogen and oxygen atoms in total. The number of aliphatic hydroxyl groups is 1. The number of hydrogen-bond acceptors (Lipinski definition) is 11. The number of aliphatic hydroxyl groups excluding tert-OH is 1. The van der Waals surface area contributed by atoms with E-state index in [-0.39, 0.29) is 30.5 Å². The molecule has 280 valence electrons. The van der Waals surface area contributed by atoms with Crippen LogP contribution in [0.15, 0.2) is 36.7 Å². The number of esters is 1. The first-order valence-corrected chi connectivity index (χ1v) is 18.2. The molecule has 2 aliphatic rings. The van der Waals surface area contributed by atoms with Crippen molar-refractivity contribution in [2.24, 2.45) is 17.3 Å². The van der Waals surface area contributed by atoms with E-state index in [0.717, 1.165) is 43.5 Å². The highest BCUT2D eigenvalue weighted by atomic mass is 16.7. The highest BCUT2D eigenvalue weighted by Crippen LogP contribution is 2.38. The third kappa shape index (κ3) is 9.87. The minimum atomic E-state index is -1.43. The number of ether oxygens (including phenoxy) is 4. The zero-order valence-corrected chi connectivity index (χ0v) is 32.1. The smallest absolute Gasteiger partial charge is 0.319 e. The van der Waals surface area contributed by atoms with Crippen molar-refractivity contribution in [1.29, 1.82) is 0 Å². The highest BCUT2D eigenvalue weighted by Gasteiger charge is 2.51. The van der Waals surface area contributed by atoms with Crippen molar-refractivity contribution < 1.29 is 33.6 Å². The van der Waals surface area contributed by atoms with Crippen LogP contribution in [-0.2, 0) is 35.1 Å². The fourth-order valence-corrected chi connectivity index (χ4v) is 7.80. The number of carbonyl (C=O) groups is 2. The Bertz CT molecular complexity index is 1420. The fourth-order valence-electron chi connectivity index (χ4n) is 7.80. The van der Waals surface area contributed by atoms with Gasteiger partial charge in [-0.2, -0.15) is 0 Å². The van der Waals surface area contributed by atoms with Gasteiger partial charge in [0, 0.05) is 69.6 Å². The molecule has 1 N–H and O–H groups in total. The van der Waals surface area contributed by atoms with Gasteiger partial charge in [-0.15, -0.1) is 0 Å². The van der Waals surface area contributed by atoms with Crippen molar-refractivity contribution >= 4 is 22.5 Å². The number of carbonyl (C=O) groups excluding carboxylic acids is 2. The lowest BCUT2D eigenvalue weighted by molar-refractivity contribution is -0.295. The predicted molar refractivity (Wildman–Crippen MR) is 195 cm³/mol. The van der Waals surface area contributed by atoms with E-state index in [0.29, 0.717) is 19.3 Å². The molecule has 2 aromatic rings. The zero-order chi connectivity index (χ0) is 36.8. The van der Waals surface area contributed by atoms with Crippen LogP contribution in [0.2, 0.25) is 0 Å². The maximum Gasteiger partial charge on any atom is 0.319 e. The van der Waals surface area contributed by atoms with Gasteiger partial charge in [-0.25, -0.2) is 0 Å². The maximum atomic E-state index is 14.3. The number of likely N-dealkylation sites (N-methyl/N-ethyl adjacent to an activating group) is 2. The monoisotopic (exact) mass is 698 g/mol. The Labute approximate surface area is 299 Å². The van der Waals surface area contributed by atoms with Crippen LogP contribution in [0.5, 0.6) is 0 Å². The number of nitrogens with zero attached hydrogens (tertiary/aromatic N) is 4. The van der Waals surface area contributed by atoms with E-state index in [1.54, 1.807) is 27.9 Å². The van der Waals surface area contributed by atoms with Crippen molar-refractivity contribution in [3.05, 3.63) is 42.2 Å². The maximum absolute atomic E-state index is 14.3. The topological polar surface area (TPSA) is 114 Å². The molecule has 0 saturated carbocycles. The van der Waals surface area contributed by atoms with Crippen LogP contribution < -0.4 is 0 Å². The van der Waals surface area contributed by atoms with E-state index >= 15 is 0 Å². The third-order valence-electron chi connectivity index (χ3n) is 10.8. The molecule has 4 rings (SSSR count). The van der Waals surface area contributed by atoms with Gasteiger partial charge in [-0.1, -0.05) is 26.0 Å². The molecule has 0 amide bonds. The summed E-state index contributed by atoms with van der Waals surface area (Å²) >= 11 is 0. The van der Waals surface area contributed by atoms with Crippen LogP contribution in [0.25, 0.3) is 10.8 Å². The molecule has 2 fully saturated rings. The lowest BCUT2D eigenvalue weighted by Crippen LogP contribution is -2.59. The second-order valence-electron chi connectivity index (χ2n) is 15.8. The number of benzene rings is 1. The lowest BCUT2D eigenvalue weighted by atomic mass is 9.74. The Balaban J connectivity index is 1.60. The molecule has 1 aromatic heterocycles. The summed E-state index contributed by atoms with van der Waals surface area (Å²) in [6.07, 6.45) is 2.65. The van der Waals surface area contributed by atoms with Crippen molar-refractivity contribution in [2.45, 2.75) is 104 Å². The number of Topliss-reactive ketones (excluding diaryl/α,β-unsaturated/α-hetero) is 1. The van der Waals surface area contributed by atoms with Crippen LogP contribution in [0.3, 0.4) is 0 Å². The Morgan fingerprint density at radius 2 is 1.80 bits per heavy atom. The predicted octanol–water partition coefficient (Wildman–Crippen LogP) is 4.39. The summed E-state index contributed by atoms with van der Waals surface area (Å²) in [5.41, 5.74) is -1.18. The highest BCUT2D eigenvalue weighted by molar-refractivity contribution is 6.04. The number of ketones is 1. The molecule has 0 radical (unpaired) electrons. The van der Waals surface area contributed by atoms with Crippen LogP contribution in [0.4, 0.5) is 0 Å². The van der Waals surface area contributed by atoms with Crippen molar-refractivity contribution in [1.82, 2.24) is 19.7 Å². The number of hydrogen-bond donors (Lipinski definition) is 1. The quantitative estimate of drug-likeness (QED) is 0.343. The second-order valence-corrected chi connectivity index (χ2v) is 15.8. The first kappa shape index (κ1) is 40.3. The molecule has 50 heavy (non-hydrogen) atoms. The summed E-state index contributed by atoms with van der Waals surface area (Å²) in [5, 5.41) is 13.7. The Morgan fingerprint density at radius 1 is 1.06 bits per heavy atom. The van der Waals surface area contributed by atoms with Crippen LogP contribution in [0.1, 0.15) is 66.4 Å². The van der Waals surface area contributed by atoms with Crippen LogP contribution >= 0.6 is 0 Å². The van der Waals surface area contributed by atoms with Gasteiger partial charge in [-0.05, 0) is 97.1 Å². The molecular formula is C39H62N4O7. The van der Waals surface area contributed by atoms with Gasteiger partial charge in [-0.3, -0.25) is 19.5 Å². The first-order valence-electron chi connectivity index (χ1n) is 18.2. The van der Waals surface area contributed by atoms with Gasteiger partial charge in [0.2, 0.25) is 0 Å². The average Bonchev–Trinajstić information content (AvgIpc) is 3.07. The number of fused-ring (bicyclic) bond motifs is 1. The van der Waals surface area contributed by atoms with Crippen LogP contribution in [-0.4, -0.2) is 134 Å². The number of rotatable bonds is 6. The average molecular weight is 699 g/mol.